The topological polar surface area (TPSA) is 101 Å². The molecule has 12 heteroatoms. The number of Topliss-reactive ketones (excluding diaryl/α,β-unsaturated/α-hetero) is 1. The summed E-state index contributed by atoms with van der Waals surface area (Å²) in [6.45, 7) is 3.73. The van der Waals surface area contributed by atoms with Crippen molar-refractivity contribution in [2.75, 3.05) is 4.90 Å². The molecule has 1 aliphatic rings. The molecule has 1 saturated heterocycles. The van der Waals surface area contributed by atoms with Crippen molar-refractivity contribution in [1.82, 2.24) is 19.6 Å². The molecule has 4 heterocycles. The molecule has 0 saturated carbocycles. The van der Waals surface area contributed by atoms with E-state index in [0.717, 1.165) is 15.6 Å². The van der Waals surface area contributed by atoms with E-state index in [0.29, 0.717) is 32.0 Å². The number of carbonyl (C=O) groups is 2. The molecule has 41 heavy (non-hydrogen) atoms. The van der Waals surface area contributed by atoms with Crippen molar-refractivity contribution < 1.29 is 14.7 Å². The fourth-order valence-electron chi connectivity index (χ4n) is 4.78. The molecule has 0 aliphatic carbocycles. The minimum absolute atomic E-state index is 0.0537. The standard InChI is InChI=1S/C29H21BrClN5O3S2/c1-15-6-5-13-35-16(2)22(32-26(15)35)24(37)21-23(17-9-11-19(30)12-10-17)36(27(39)25(21)38)28-33-34-29(41-28)40-14-18-7-3-4-8-20(18)31/h3-13,23,37H,14H2,1-2H3. The van der Waals surface area contributed by atoms with Gasteiger partial charge in [0.2, 0.25) is 5.13 Å². The fourth-order valence-corrected chi connectivity index (χ4v) is 7.20. The number of pyridine rings is 1. The van der Waals surface area contributed by atoms with Crippen molar-refractivity contribution in [2.45, 2.75) is 30.0 Å². The summed E-state index contributed by atoms with van der Waals surface area (Å²) in [5.74, 6) is -1.38. The van der Waals surface area contributed by atoms with Crippen LogP contribution in [0.5, 0.6) is 0 Å². The van der Waals surface area contributed by atoms with Gasteiger partial charge < -0.3 is 9.51 Å². The van der Waals surface area contributed by atoms with Crippen LogP contribution in [0.1, 0.15) is 34.1 Å². The molecule has 2 aromatic carbocycles. The van der Waals surface area contributed by atoms with E-state index in [9.17, 15) is 14.7 Å². The van der Waals surface area contributed by atoms with E-state index in [1.165, 1.54) is 28.0 Å². The molecular formula is C29H21BrClN5O3S2. The molecule has 0 bridgehead atoms. The predicted octanol–water partition coefficient (Wildman–Crippen LogP) is 7.14. The van der Waals surface area contributed by atoms with Crippen molar-refractivity contribution in [1.29, 1.82) is 0 Å². The number of carbonyl (C=O) groups excluding carboxylic acids is 2. The van der Waals surface area contributed by atoms with Crippen LogP contribution < -0.4 is 4.90 Å². The SMILES string of the molecule is Cc1cccn2c(C)c(C(O)=C3C(=O)C(=O)N(c4nnc(SCc5ccccc5Cl)s4)C3c3ccc(Br)cc3)nc12. The summed E-state index contributed by atoms with van der Waals surface area (Å²) in [6, 6.07) is 17.7. The molecule has 1 unspecified atom stereocenters. The van der Waals surface area contributed by atoms with E-state index in [-0.39, 0.29) is 22.2 Å². The summed E-state index contributed by atoms with van der Waals surface area (Å²) < 4.78 is 3.30. The lowest BCUT2D eigenvalue weighted by Gasteiger charge is -2.22. The number of nitrogens with zero attached hydrogens (tertiary/aromatic N) is 5. The zero-order valence-electron chi connectivity index (χ0n) is 21.7. The number of anilines is 1. The zero-order valence-corrected chi connectivity index (χ0v) is 25.7. The smallest absolute Gasteiger partial charge is 0.301 e. The molecule has 8 nitrogen and oxygen atoms in total. The lowest BCUT2D eigenvalue weighted by molar-refractivity contribution is -0.132. The van der Waals surface area contributed by atoms with Gasteiger partial charge in [-0.25, -0.2) is 4.98 Å². The molecule has 1 fully saturated rings. The number of halogens is 2. The number of aliphatic hydroxyl groups is 1. The van der Waals surface area contributed by atoms with Crippen LogP contribution in [0.2, 0.25) is 5.02 Å². The summed E-state index contributed by atoms with van der Waals surface area (Å²) in [5, 5.41) is 21.1. The van der Waals surface area contributed by atoms with Crippen LogP contribution >= 0.6 is 50.6 Å². The predicted molar refractivity (Wildman–Crippen MR) is 165 cm³/mol. The number of benzene rings is 2. The van der Waals surface area contributed by atoms with Crippen molar-refractivity contribution in [2.24, 2.45) is 0 Å². The van der Waals surface area contributed by atoms with Gasteiger partial charge in [-0.1, -0.05) is 87.0 Å². The highest BCUT2D eigenvalue weighted by molar-refractivity contribution is 9.10. The van der Waals surface area contributed by atoms with Gasteiger partial charge in [-0.3, -0.25) is 14.5 Å². The fraction of sp³-hybridized carbons (Fsp3) is 0.138. The summed E-state index contributed by atoms with van der Waals surface area (Å²) in [7, 11) is 0. The van der Waals surface area contributed by atoms with Crippen molar-refractivity contribution in [3.05, 3.63) is 110 Å². The number of hydrogen-bond acceptors (Lipinski definition) is 8. The van der Waals surface area contributed by atoms with Crippen molar-refractivity contribution in [3.63, 3.8) is 0 Å². The Hall–Kier alpha value is -3.51. The maximum absolute atomic E-state index is 13.6. The lowest BCUT2D eigenvalue weighted by atomic mass is 9.96. The van der Waals surface area contributed by atoms with Crippen LogP contribution in [0.15, 0.2) is 81.2 Å². The second-order valence-electron chi connectivity index (χ2n) is 9.38. The van der Waals surface area contributed by atoms with Gasteiger partial charge in [-0.2, -0.15) is 0 Å². The second-order valence-corrected chi connectivity index (χ2v) is 12.9. The second kappa shape index (κ2) is 11.1. The molecule has 6 rings (SSSR count). The Morgan fingerprint density at radius 1 is 1.07 bits per heavy atom. The van der Waals surface area contributed by atoms with E-state index < -0.39 is 17.7 Å². The molecule has 1 amide bonds. The lowest BCUT2D eigenvalue weighted by Crippen LogP contribution is -2.29. The zero-order chi connectivity index (χ0) is 28.8. The Balaban J connectivity index is 1.44. The van der Waals surface area contributed by atoms with E-state index in [4.69, 9.17) is 11.6 Å². The number of fused-ring (bicyclic) bond motifs is 1. The maximum Gasteiger partial charge on any atom is 0.301 e. The first-order valence-corrected chi connectivity index (χ1v) is 15.4. The highest BCUT2D eigenvalue weighted by atomic mass is 79.9. The molecule has 3 aromatic heterocycles. The minimum Gasteiger partial charge on any atom is -0.505 e. The molecule has 0 spiro atoms. The van der Waals surface area contributed by atoms with Gasteiger partial charge in [-0.05, 0) is 54.8 Å². The average molecular weight is 667 g/mol. The number of aliphatic hydroxyl groups excluding tert-OH is 1. The van der Waals surface area contributed by atoms with Gasteiger partial charge in [-0.15, -0.1) is 10.2 Å². The Morgan fingerprint density at radius 3 is 2.56 bits per heavy atom. The monoisotopic (exact) mass is 665 g/mol. The number of aromatic nitrogens is 4. The van der Waals surface area contributed by atoms with Crippen LogP contribution in [-0.2, 0) is 15.3 Å². The largest absolute Gasteiger partial charge is 0.505 e. The van der Waals surface area contributed by atoms with E-state index >= 15 is 0 Å². The van der Waals surface area contributed by atoms with Crippen molar-refractivity contribution >= 4 is 78.9 Å². The van der Waals surface area contributed by atoms with Gasteiger partial charge in [0.25, 0.3) is 5.78 Å². The number of imidazole rings is 1. The number of thioether (sulfide) groups is 1. The van der Waals surface area contributed by atoms with Crippen LogP contribution in [0, 0.1) is 13.8 Å². The summed E-state index contributed by atoms with van der Waals surface area (Å²) in [4.78, 5) is 33.1. The number of aryl methyl sites for hydroxylation is 2. The molecule has 0 radical (unpaired) electrons. The molecule has 1 N–H and O–H groups in total. The summed E-state index contributed by atoms with van der Waals surface area (Å²) >= 11 is 12.4. The Kier molecular flexibility index (Phi) is 7.45. The van der Waals surface area contributed by atoms with Gasteiger partial charge >= 0.3 is 5.91 Å². The summed E-state index contributed by atoms with van der Waals surface area (Å²) in [6.07, 6.45) is 1.84. The molecule has 1 aliphatic heterocycles. The van der Waals surface area contributed by atoms with Gasteiger partial charge in [0.05, 0.1) is 17.3 Å². The summed E-state index contributed by atoms with van der Waals surface area (Å²) in [5.41, 5.74) is 3.99. The molecular weight excluding hydrogens is 646 g/mol. The van der Waals surface area contributed by atoms with Crippen molar-refractivity contribution in [3.8, 4) is 0 Å². The van der Waals surface area contributed by atoms with Crippen LogP contribution in [0.4, 0.5) is 5.13 Å². The van der Waals surface area contributed by atoms with E-state index in [1.54, 1.807) is 12.1 Å². The van der Waals surface area contributed by atoms with Gasteiger partial charge in [0, 0.05) is 21.4 Å². The third-order valence-electron chi connectivity index (χ3n) is 6.85. The highest BCUT2D eigenvalue weighted by Gasteiger charge is 2.48. The van der Waals surface area contributed by atoms with Crippen LogP contribution in [0.25, 0.3) is 11.4 Å². The normalized spacial score (nSPS) is 16.7. The maximum atomic E-state index is 13.6. The number of amides is 1. The third kappa shape index (κ3) is 4.97. The average Bonchev–Trinajstić information content (AvgIpc) is 3.64. The number of rotatable bonds is 6. The number of hydrogen-bond donors (Lipinski definition) is 1. The number of ketones is 1. The quantitative estimate of drug-likeness (QED) is 0.0676. The van der Waals surface area contributed by atoms with E-state index in [2.05, 4.69) is 31.1 Å². The third-order valence-corrected chi connectivity index (χ3v) is 9.85. The Labute approximate surface area is 256 Å². The first-order valence-electron chi connectivity index (χ1n) is 12.5. The first-order chi connectivity index (χ1) is 19.7. The molecule has 206 valence electrons. The Bertz CT molecular complexity index is 1870. The first kappa shape index (κ1) is 27.6. The minimum atomic E-state index is -0.928. The van der Waals surface area contributed by atoms with E-state index in [1.807, 2.05) is 73.0 Å². The van der Waals surface area contributed by atoms with Crippen LogP contribution in [0.3, 0.4) is 0 Å². The Morgan fingerprint density at radius 2 is 1.83 bits per heavy atom. The van der Waals surface area contributed by atoms with Crippen LogP contribution in [-0.4, -0.2) is 36.4 Å². The molecule has 5 aromatic rings. The highest BCUT2D eigenvalue weighted by Crippen LogP contribution is 2.44. The van der Waals surface area contributed by atoms with Gasteiger partial charge in [0.1, 0.15) is 11.3 Å². The van der Waals surface area contributed by atoms with Gasteiger partial charge in [0.15, 0.2) is 10.1 Å². The molecule has 1 atom stereocenters.